The summed E-state index contributed by atoms with van der Waals surface area (Å²) in [4.78, 5) is 14.6. The van der Waals surface area contributed by atoms with Crippen LogP contribution < -0.4 is 16.0 Å². The molecule has 0 bridgehead atoms. The van der Waals surface area contributed by atoms with Crippen molar-refractivity contribution in [2.24, 2.45) is 4.99 Å². The van der Waals surface area contributed by atoms with Crippen LogP contribution in [0.25, 0.3) is 0 Å². The van der Waals surface area contributed by atoms with Crippen molar-refractivity contribution in [3.8, 4) is 0 Å². The molecule has 0 fully saturated rings. The molecule has 0 atom stereocenters. The Hall–Kier alpha value is -2.31. The number of nitrogens with one attached hydrogen (secondary N) is 3. The van der Waals surface area contributed by atoms with E-state index in [2.05, 4.69) is 34.8 Å². The Morgan fingerprint density at radius 2 is 2.00 bits per heavy atom. The number of hydrogen-bond acceptors (Lipinski definition) is 4. The fourth-order valence-electron chi connectivity index (χ4n) is 1.66. The average molecular weight is 293 g/mol. The van der Waals surface area contributed by atoms with Gasteiger partial charge in [0.05, 0.1) is 11.5 Å². The number of rotatable bonds is 7. The third-order valence-corrected chi connectivity index (χ3v) is 2.56. The average Bonchev–Trinajstić information content (AvgIpc) is 2.43. The molecule has 0 aliphatic rings. The molecule has 7 heteroatoms. The Morgan fingerprint density at radius 3 is 2.52 bits per heavy atom. The summed E-state index contributed by atoms with van der Waals surface area (Å²) in [5, 5.41) is 20.1. The summed E-state index contributed by atoms with van der Waals surface area (Å²) in [5.74, 6) is 0.790. The molecule has 0 aromatic heterocycles. The lowest BCUT2D eigenvalue weighted by molar-refractivity contribution is -0.384. The van der Waals surface area contributed by atoms with Crippen LogP contribution in [0.2, 0.25) is 0 Å². The van der Waals surface area contributed by atoms with E-state index in [0.29, 0.717) is 19.1 Å². The normalized spacial score (nSPS) is 11.3. The zero-order valence-corrected chi connectivity index (χ0v) is 12.7. The van der Waals surface area contributed by atoms with Gasteiger partial charge in [-0.15, -0.1) is 0 Å². The molecule has 3 N–H and O–H groups in total. The maximum absolute atomic E-state index is 10.6. The molecule has 1 aromatic rings. The van der Waals surface area contributed by atoms with E-state index in [1.165, 1.54) is 12.1 Å². The first-order valence-corrected chi connectivity index (χ1v) is 7.06. The van der Waals surface area contributed by atoms with Crippen molar-refractivity contribution in [3.63, 3.8) is 0 Å². The van der Waals surface area contributed by atoms with Gasteiger partial charge in [0.25, 0.3) is 5.69 Å². The second kappa shape index (κ2) is 8.78. The van der Waals surface area contributed by atoms with Gasteiger partial charge in [0.1, 0.15) is 0 Å². The number of hydrogen-bond donors (Lipinski definition) is 3. The van der Waals surface area contributed by atoms with Gasteiger partial charge in [0, 0.05) is 37.0 Å². The third kappa shape index (κ3) is 6.60. The zero-order chi connectivity index (χ0) is 15.7. The van der Waals surface area contributed by atoms with Crippen molar-refractivity contribution in [2.75, 3.05) is 25.0 Å². The minimum Gasteiger partial charge on any atom is -0.383 e. The predicted molar refractivity (Wildman–Crippen MR) is 85.8 cm³/mol. The summed E-state index contributed by atoms with van der Waals surface area (Å²) in [5.41, 5.74) is 0.937. The second-order valence-corrected chi connectivity index (χ2v) is 4.79. The van der Waals surface area contributed by atoms with Crippen LogP contribution in [-0.4, -0.2) is 36.6 Å². The minimum absolute atomic E-state index is 0.0918. The Bertz CT molecular complexity index is 471. The maximum Gasteiger partial charge on any atom is 0.269 e. The zero-order valence-electron chi connectivity index (χ0n) is 12.7. The number of guanidine groups is 1. The fourth-order valence-corrected chi connectivity index (χ4v) is 1.66. The van der Waals surface area contributed by atoms with E-state index in [9.17, 15) is 10.1 Å². The van der Waals surface area contributed by atoms with Crippen LogP contribution in [0.4, 0.5) is 11.4 Å². The number of aliphatic imine (C=N–C) groups is 1. The van der Waals surface area contributed by atoms with Crippen LogP contribution in [0.1, 0.15) is 20.8 Å². The monoisotopic (exact) mass is 293 g/mol. The first-order chi connectivity index (χ1) is 10.0. The molecule has 7 nitrogen and oxygen atoms in total. The van der Waals surface area contributed by atoms with E-state index in [0.717, 1.165) is 18.2 Å². The topological polar surface area (TPSA) is 91.6 Å². The van der Waals surface area contributed by atoms with Crippen LogP contribution in [0, 0.1) is 10.1 Å². The smallest absolute Gasteiger partial charge is 0.269 e. The molecular weight excluding hydrogens is 270 g/mol. The van der Waals surface area contributed by atoms with Gasteiger partial charge in [-0.05, 0) is 32.9 Å². The second-order valence-electron chi connectivity index (χ2n) is 4.79. The van der Waals surface area contributed by atoms with Crippen LogP contribution in [0.15, 0.2) is 29.3 Å². The minimum atomic E-state index is -0.408. The lowest BCUT2D eigenvalue weighted by Gasteiger charge is -2.14. The van der Waals surface area contributed by atoms with Gasteiger partial charge in [-0.3, -0.25) is 15.1 Å². The summed E-state index contributed by atoms with van der Waals surface area (Å²) in [6.07, 6.45) is 0. The van der Waals surface area contributed by atoms with Crippen molar-refractivity contribution in [3.05, 3.63) is 34.4 Å². The van der Waals surface area contributed by atoms with Crippen LogP contribution in [0.5, 0.6) is 0 Å². The molecule has 0 saturated heterocycles. The quantitative estimate of drug-likeness (QED) is 0.235. The molecule has 0 aliphatic carbocycles. The van der Waals surface area contributed by atoms with E-state index >= 15 is 0 Å². The number of benzene rings is 1. The Labute approximate surface area is 125 Å². The van der Waals surface area contributed by atoms with Gasteiger partial charge >= 0.3 is 0 Å². The van der Waals surface area contributed by atoms with Gasteiger partial charge < -0.3 is 16.0 Å². The third-order valence-electron chi connectivity index (χ3n) is 2.56. The molecule has 1 rings (SSSR count). The number of non-ortho nitro benzene ring substituents is 1. The van der Waals surface area contributed by atoms with E-state index < -0.39 is 4.92 Å². The van der Waals surface area contributed by atoms with Crippen LogP contribution >= 0.6 is 0 Å². The maximum atomic E-state index is 10.6. The van der Waals surface area contributed by atoms with Gasteiger partial charge in [-0.1, -0.05) is 0 Å². The van der Waals surface area contributed by atoms with Crippen molar-refractivity contribution in [1.82, 2.24) is 10.6 Å². The summed E-state index contributed by atoms with van der Waals surface area (Å²) in [6.45, 7) is 8.22. The predicted octanol–water partition coefficient (Wildman–Crippen LogP) is 1.97. The van der Waals surface area contributed by atoms with Gasteiger partial charge in [-0.2, -0.15) is 0 Å². The summed E-state index contributed by atoms with van der Waals surface area (Å²) >= 11 is 0. The van der Waals surface area contributed by atoms with E-state index in [1.54, 1.807) is 12.1 Å². The van der Waals surface area contributed by atoms with Gasteiger partial charge in [-0.25, -0.2) is 0 Å². The highest BCUT2D eigenvalue weighted by molar-refractivity contribution is 5.80. The molecule has 0 unspecified atom stereocenters. The summed E-state index contributed by atoms with van der Waals surface area (Å²) in [7, 11) is 0. The Balaban J connectivity index is 2.42. The van der Waals surface area contributed by atoms with E-state index in [4.69, 9.17) is 0 Å². The number of nitro groups is 1. The van der Waals surface area contributed by atoms with Crippen molar-refractivity contribution in [1.29, 1.82) is 0 Å². The lowest BCUT2D eigenvalue weighted by Crippen LogP contribution is -2.41. The SMILES string of the molecule is CCNC(=NCCNc1ccc([N+](=O)[O-])cc1)NC(C)C. The molecule has 0 heterocycles. The first-order valence-electron chi connectivity index (χ1n) is 7.06. The van der Waals surface area contributed by atoms with Crippen molar-refractivity contribution >= 4 is 17.3 Å². The van der Waals surface area contributed by atoms with Crippen molar-refractivity contribution in [2.45, 2.75) is 26.8 Å². The number of anilines is 1. The van der Waals surface area contributed by atoms with Gasteiger partial charge in [0.15, 0.2) is 5.96 Å². The summed E-state index contributed by atoms with van der Waals surface area (Å²) in [6, 6.07) is 6.68. The summed E-state index contributed by atoms with van der Waals surface area (Å²) < 4.78 is 0. The largest absolute Gasteiger partial charge is 0.383 e. The molecular formula is C14H23N5O2. The van der Waals surface area contributed by atoms with Crippen molar-refractivity contribution < 1.29 is 4.92 Å². The Kier molecular flexibility index (Phi) is 7.00. The van der Waals surface area contributed by atoms with Crippen LogP contribution in [-0.2, 0) is 0 Å². The lowest BCUT2D eigenvalue weighted by atomic mass is 10.3. The molecule has 21 heavy (non-hydrogen) atoms. The number of nitrogens with zero attached hydrogens (tertiary/aromatic N) is 2. The molecule has 0 saturated carbocycles. The highest BCUT2D eigenvalue weighted by Crippen LogP contribution is 2.14. The fraction of sp³-hybridized carbons (Fsp3) is 0.500. The molecule has 1 aromatic carbocycles. The van der Waals surface area contributed by atoms with Gasteiger partial charge in [0.2, 0.25) is 0 Å². The molecule has 116 valence electrons. The molecule has 0 spiro atoms. The van der Waals surface area contributed by atoms with E-state index in [-0.39, 0.29) is 5.69 Å². The Morgan fingerprint density at radius 1 is 1.33 bits per heavy atom. The first kappa shape index (κ1) is 16.7. The highest BCUT2D eigenvalue weighted by atomic mass is 16.6. The van der Waals surface area contributed by atoms with Crippen LogP contribution in [0.3, 0.4) is 0 Å². The molecule has 0 amide bonds. The highest BCUT2D eigenvalue weighted by Gasteiger charge is 2.03. The molecule has 0 radical (unpaired) electrons. The number of nitro benzene ring substituents is 1. The standard InChI is InChI=1S/C14H23N5O2/c1-4-15-14(18-11(2)3)17-10-9-16-12-5-7-13(8-6-12)19(20)21/h5-8,11,16H,4,9-10H2,1-3H3,(H2,15,17,18). The molecule has 0 aliphatic heterocycles. The van der Waals surface area contributed by atoms with E-state index in [1.807, 2.05) is 6.92 Å².